The van der Waals surface area contributed by atoms with Crippen LogP contribution in [0.1, 0.15) is 15.9 Å². The van der Waals surface area contributed by atoms with Crippen LogP contribution in [0.25, 0.3) is 6.08 Å². The Morgan fingerprint density at radius 2 is 1.72 bits per heavy atom. The van der Waals surface area contributed by atoms with Crippen molar-refractivity contribution >= 4 is 23.7 Å². The average Bonchev–Trinajstić information content (AvgIpc) is 3.10. The number of carbonyl (C=O) groups is 3. The predicted molar refractivity (Wildman–Crippen MR) is 112 cm³/mol. The third-order valence-corrected chi connectivity index (χ3v) is 4.47. The number of ether oxygens (including phenoxy) is 5. The van der Waals surface area contributed by atoms with Gasteiger partial charge in [0.15, 0.2) is 23.9 Å². The summed E-state index contributed by atoms with van der Waals surface area (Å²) < 4.78 is 27.0. The maximum atomic E-state index is 12.8. The van der Waals surface area contributed by atoms with Crippen molar-refractivity contribution in [3.05, 3.63) is 47.2 Å². The van der Waals surface area contributed by atoms with Gasteiger partial charge in [-0.3, -0.25) is 14.4 Å². The summed E-state index contributed by atoms with van der Waals surface area (Å²) in [4.78, 5) is 34.8. The van der Waals surface area contributed by atoms with Crippen LogP contribution in [0.2, 0.25) is 0 Å². The maximum absolute atomic E-state index is 12.8. The molecule has 0 bridgehead atoms. The van der Waals surface area contributed by atoms with Crippen molar-refractivity contribution in [3.8, 4) is 28.7 Å². The van der Waals surface area contributed by atoms with Gasteiger partial charge < -0.3 is 34.1 Å². The summed E-state index contributed by atoms with van der Waals surface area (Å²) in [5.74, 6) is -0.0682. The van der Waals surface area contributed by atoms with E-state index in [1.807, 2.05) is 0 Å². The van der Waals surface area contributed by atoms with Crippen molar-refractivity contribution in [3.63, 3.8) is 0 Å². The molecule has 0 saturated carbocycles. The number of amides is 1. The fraction of sp³-hybridized carbons (Fsp3) is 0.227. The number of benzene rings is 2. The molecule has 0 fully saturated rings. The predicted octanol–water partition coefficient (Wildman–Crippen LogP) is 1.91. The lowest BCUT2D eigenvalue weighted by Crippen LogP contribution is -2.33. The summed E-state index contributed by atoms with van der Waals surface area (Å²) in [6, 6.07) is 7.82. The van der Waals surface area contributed by atoms with Crippen LogP contribution in [0.4, 0.5) is 0 Å². The van der Waals surface area contributed by atoms with Crippen LogP contribution in [0.3, 0.4) is 0 Å². The molecule has 1 amide bonds. The topological polar surface area (TPSA) is 130 Å². The molecule has 10 heteroatoms. The van der Waals surface area contributed by atoms with E-state index >= 15 is 0 Å². The molecule has 32 heavy (non-hydrogen) atoms. The van der Waals surface area contributed by atoms with Crippen LogP contribution >= 0.6 is 0 Å². The molecule has 1 heterocycles. The second-order valence-electron chi connectivity index (χ2n) is 6.51. The first-order valence-electron chi connectivity index (χ1n) is 9.35. The standard InChI is InChI=1S/C22H21NO9/c1-28-15-9-18(30-3)17(29-2)6-12(15)7-19-22(27)14-5-4-13(8-16(14)32-19)31-11-20(24)23-10-21(25)26/h4-9H,10-11H2,1-3H3,(H,23,24)(H,25,26). The zero-order chi connectivity index (χ0) is 23.3. The Morgan fingerprint density at radius 3 is 2.38 bits per heavy atom. The second kappa shape index (κ2) is 9.73. The monoisotopic (exact) mass is 443 g/mol. The number of hydrogen-bond donors (Lipinski definition) is 2. The van der Waals surface area contributed by atoms with Crippen LogP contribution in [0.5, 0.6) is 28.7 Å². The molecule has 10 nitrogen and oxygen atoms in total. The van der Waals surface area contributed by atoms with Gasteiger partial charge in [0.25, 0.3) is 5.91 Å². The van der Waals surface area contributed by atoms with E-state index in [0.717, 1.165) is 0 Å². The number of ketones is 1. The van der Waals surface area contributed by atoms with E-state index in [-0.39, 0.29) is 29.6 Å². The molecule has 0 atom stereocenters. The third kappa shape index (κ3) is 4.91. The number of carboxylic acids is 1. The summed E-state index contributed by atoms with van der Waals surface area (Å²) in [5.41, 5.74) is 0.881. The van der Waals surface area contributed by atoms with Gasteiger partial charge in [-0.05, 0) is 24.3 Å². The molecule has 1 aliphatic heterocycles. The third-order valence-electron chi connectivity index (χ3n) is 4.47. The number of aliphatic carboxylic acids is 1. The van der Waals surface area contributed by atoms with E-state index in [2.05, 4.69) is 5.32 Å². The molecule has 0 radical (unpaired) electrons. The van der Waals surface area contributed by atoms with Gasteiger partial charge in [0.2, 0.25) is 5.78 Å². The molecule has 3 rings (SSSR count). The highest BCUT2D eigenvalue weighted by Gasteiger charge is 2.28. The fourth-order valence-electron chi connectivity index (χ4n) is 2.94. The van der Waals surface area contributed by atoms with Gasteiger partial charge in [-0.15, -0.1) is 0 Å². The summed E-state index contributed by atoms with van der Waals surface area (Å²) in [5, 5.41) is 10.8. The number of carboxylic acid groups (broad SMARTS) is 1. The number of hydrogen-bond acceptors (Lipinski definition) is 8. The summed E-state index contributed by atoms with van der Waals surface area (Å²) in [6.07, 6.45) is 1.53. The Kier molecular flexibility index (Phi) is 6.83. The summed E-state index contributed by atoms with van der Waals surface area (Å²) in [6.45, 7) is -0.886. The average molecular weight is 443 g/mol. The minimum Gasteiger partial charge on any atom is -0.496 e. The summed E-state index contributed by atoms with van der Waals surface area (Å²) in [7, 11) is 4.49. The number of allylic oxidation sites excluding steroid dienone is 1. The van der Waals surface area contributed by atoms with Crippen molar-refractivity contribution in [2.24, 2.45) is 0 Å². The van der Waals surface area contributed by atoms with Gasteiger partial charge in [0.1, 0.15) is 23.8 Å². The minimum atomic E-state index is -1.16. The molecule has 2 aromatic rings. The quantitative estimate of drug-likeness (QED) is 0.558. The highest BCUT2D eigenvalue weighted by Crippen LogP contribution is 2.38. The number of nitrogens with one attached hydrogen (secondary N) is 1. The number of rotatable bonds is 9. The molecule has 0 aromatic heterocycles. The Labute approximate surface area is 183 Å². The smallest absolute Gasteiger partial charge is 0.322 e. The first-order chi connectivity index (χ1) is 15.4. The van der Waals surface area contributed by atoms with Gasteiger partial charge in [0.05, 0.1) is 26.9 Å². The molecular weight excluding hydrogens is 422 g/mol. The normalized spacial score (nSPS) is 13.2. The zero-order valence-corrected chi connectivity index (χ0v) is 17.6. The van der Waals surface area contributed by atoms with E-state index < -0.39 is 18.4 Å². The van der Waals surface area contributed by atoms with Gasteiger partial charge in [-0.2, -0.15) is 0 Å². The minimum absolute atomic E-state index is 0.0712. The Morgan fingerprint density at radius 1 is 1.03 bits per heavy atom. The Bertz CT molecular complexity index is 1090. The lowest BCUT2D eigenvalue weighted by atomic mass is 10.1. The van der Waals surface area contributed by atoms with E-state index in [1.165, 1.54) is 45.6 Å². The van der Waals surface area contributed by atoms with Crippen molar-refractivity contribution in [1.82, 2.24) is 5.32 Å². The van der Waals surface area contributed by atoms with Gasteiger partial charge in [0, 0.05) is 17.7 Å². The van der Waals surface area contributed by atoms with Crippen LogP contribution < -0.4 is 29.0 Å². The molecular formula is C22H21NO9. The van der Waals surface area contributed by atoms with E-state index in [0.29, 0.717) is 28.4 Å². The maximum Gasteiger partial charge on any atom is 0.322 e. The molecule has 168 valence electrons. The fourth-order valence-corrected chi connectivity index (χ4v) is 2.94. The molecule has 0 saturated heterocycles. The lowest BCUT2D eigenvalue weighted by Gasteiger charge is -2.12. The van der Waals surface area contributed by atoms with Gasteiger partial charge >= 0.3 is 5.97 Å². The van der Waals surface area contributed by atoms with Crippen molar-refractivity contribution in [1.29, 1.82) is 0 Å². The van der Waals surface area contributed by atoms with Crippen molar-refractivity contribution in [2.45, 2.75) is 0 Å². The first kappa shape index (κ1) is 22.5. The molecule has 0 spiro atoms. The molecule has 0 unspecified atom stereocenters. The molecule has 1 aliphatic rings. The number of Topliss-reactive ketones (excluding diaryl/α,β-unsaturated/α-hetero) is 1. The van der Waals surface area contributed by atoms with Crippen LogP contribution in [0, 0.1) is 0 Å². The summed E-state index contributed by atoms with van der Waals surface area (Å²) >= 11 is 0. The number of carbonyl (C=O) groups excluding carboxylic acids is 2. The van der Waals surface area contributed by atoms with E-state index in [1.54, 1.807) is 12.1 Å². The first-order valence-corrected chi connectivity index (χ1v) is 9.35. The largest absolute Gasteiger partial charge is 0.496 e. The second-order valence-corrected chi connectivity index (χ2v) is 6.51. The molecule has 2 aromatic carbocycles. The van der Waals surface area contributed by atoms with E-state index in [4.69, 9.17) is 28.8 Å². The lowest BCUT2D eigenvalue weighted by molar-refractivity contribution is -0.138. The zero-order valence-electron chi connectivity index (χ0n) is 17.6. The molecule has 0 aliphatic carbocycles. The van der Waals surface area contributed by atoms with E-state index in [9.17, 15) is 14.4 Å². The number of fused-ring (bicyclic) bond motifs is 1. The van der Waals surface area contributed by atoms with Crippen molar-refractivity contribution < 1.29 is 43.2 Å². The van der Waals surface area contributed by atoms with Crippen LogP contribution in [0.15, 0.2) is 36.1 Å². The van der Waals surface area contributed by atoms with Crippen LogP contribution in [-0.4, -0.2) is 57.2 Å². The number of methoxy groups -OCH3 is 3. The Hall–Kier alpha value is -4.21. The SMILES string of the molecule is COc1cc(OC)c(OC)cc1C=C1Oc2cc(OCC(=O)NCC(=O)O)ccc2C1=O. The van der Waals surface area contributed by atoms with Gasteiger partial charge in [-0.1, -0.05) is 0 Å². The van der Waals surface area contributed by atoms with Crippen LogP contribution in [-0.2, 0) is 9.59 Å². The highest BCUT2D eigenvalue weighted by molar-refractivity contribution is 6.14. The Balaban J connectivity index is 1.78. The highest BCUT2D eigenvalue weighted by atomic mass is 16.5. The van der Waals surface area contributed by atoms with Gasteiger partial charge in [-0.25, -0.2) is 0 Å². The molecule has 2 N–H and O–H groups in total. The van der Waals surface area contributed by atoms with Crippen molar-refractivity contribution in [2.75, 3.05) is 34.5 Å².